The summed E-state index contributed by atoms with van der Waals surface area (Å²) in [6.07, 6.45) is 3.95. The quantitative estimate of drug-likeness (QED) is 0.538. The van der Waals surface area contributed by atoms with Gasteiger partial charge in [0, 0.05) is 16.3 Å². The Morgan fingerprint density at radius 1 is 1.06 bits per heavy atom. The van der Waals surface area contributed by atoms with Crippen LogP contribution in [-0.4, -0.2) is 11.6 Å². The Morgan fingerprint density at radius 3 is 2.58 bits per heavy atom. The van der Waals surface area contributed by atoms with Gasteiger partial charge in [0.25, 0.3) is 0 Å². The van der Waals surface area contributed by atoms with Crippen LogP contribution in [0.15, 0.2) is 42.5 Å². The van der Waals surface area contributed by atoms with E-state index in [2.05, 4.69) is 11.1 Å². The van der Waals surface area contributed by atoms with Gasteiger partial charge >= 0.3 is 0 Å². The second-order valence-electron chi connectivity index (χ2n) is 7.50. The summed E-state index contributed by atoms with van der Waals surface area (Å²) in [5.41, 5.74) is 11.5. The summed E-state index contributed by atoms with van der Waals surface area (Å²) < 4.78 is 11.9. The van der Waals surface area contributed by atoms with Gasteiger partial charge in [-0.05, 0) is 73.6 Å². The van der Waals surface area contributed by atoms with Gasteiger partial charge in [0.05, 0.1) is 6.61 Å². The smallest absolute Gasteiger partial charge is 0.161 e. The van der Waals surface area contributed by atoms with Gasteiger partial charge in [0.1, 0.15) is 24.1 Å². The molecular formula is C25H24ClN3O2. The molecule has 0 fully saturated rings. The van der Waals surface area contributed by atoms with Crippen molar-refractivity contribution < 1.29 is 9.47 Å². The van der Waals surface area contributed by atoms with Crippen molar-refractivity contribution in [2.45, 2.75) is 39.2 Å². The van der Waals surface area contributed by atoms with Crippen LogP contribution in [0.5, 0.6) is 11.5 Å². The summed E-state index contributed by atoms with van der Waals surface area (Å²) in [4.78, 5) is 4.51. The molecule has 1 aliphatic carbocycles. The van der Waals surface area contributed by atoms with Crippen LogP contribution in [0, 0.1) is 11.3 Å². The van der Waals surface area contributed by atoms with Gasteiger partial charge in [-0.3, -0.25) is 0 Å². The van der Waals surface area contributed by atoms with E-state index >= 15 is 0 Å². The number of rotatable bonds is 6. The van der Waals surface area contributed by atoms with Gasteiger partial charge in [-0.1, -0.05) is 29.8 Å². The Bertz CT molecular complexity index is 1140. The van der Waals surface area contributed by atoms with Gasteiger partial charge in [0.2, 0.25) is 0 Å². The number of nitrogen functional groups attached to an aromatic ring is 1. The first-order valence-corrected chi connectivity index (χ1v) is 10.8. The van der Waals surface area contributed by atoms with E-state index < -0.39 is 0 Å². The molecule has 2 aromatic carbocycles. The lowest BCUT2D eigenvalue weighted by Crippen LogP contribution is -2.12. The van der Waals surface area contributed by atoms with E-state index in [0.717, 1.165) is 53.6 Å². The molecule has 31 heavy (non-hydrogen) atoms. The van der Waals surface area contributed by atoms with Crippen molar-refractivity contribution in [3.05, 3.63) is 69.9 Å². The molecule has 1 aliphatic rings. The number of anilines is 1. The van der Waals surface area contributed by atoms with Crippen LogP contribution in [0.2, 0.25) is 5.02 Å². The van der Waals surface area contributed by atoms with E-state index in [0.29, 0.717) is 41.1 Å². The molecule has 0 aliphatic heterocycles. The zero-order chi connectivity index (χ0) is 21.8. The molecule has 0 unspecified atom stereocenters. The summed E-state index contributed by atoms with van der Waals surface area (Å²) in [7, 11) is 0. The molecule has 0 bridgehead atoms. The van der Waals surface area contributed by atoms with Crippen LogP contribution in [0.3, 0.4) is 0 Å². The van der Waals surface area contributed by atoms with Crippen molar-refractivity contribution in [1.82, 2.24) is 4.98 Å². The molecule has 0 saturated carbocycles. The zero-order valence-electron chi connectivity index (χ0n) is 17.5. The van der Waals surface area contributed by atoms with E-state index in [1.807, 2.05) is 49.4 Å². The van der Waals surface area contributed by atoms with Gasteiger partial charge in [-0.2, -0.15) is 5.26 Å². The Labute approximate surface area is 187 Å². The van der Waals surface area contributed by atoms with Crippen LogP contribution >= 0.6 is 11.6 Å². The fraction of sp³-hybridized carbons (Fsp3) is 0.280. The lowest BCUT2D eigenvalue weighted by molar-refractivity contribution is 0.269. The van der Waals surface area contributed by atoms with E-state index in [1.54, 1.807) is 0 Å². The fourth-order valence-electron chi connectivity index (χ4n) is 3.99. The predicted molar refractivity (Wildman–Crippen MR) is 122 cm³/mol. The Morgan fingerprint density at radius 2 is 1.84 bits per heavy atom. The number of aryl methyl sites for hydroxylation is 1. The molecule has 0 spiro atoms. The number of aromatic nitrogens is 1. The number of hydrogen-bond donors (Lipinski definition) is 1. The second-order valence-corrected chi connectivity index (χ2v) is 7.94. The molecule has 158 valence electrons. The van der Waals surface area contributed by atoms with E-state index in [-0.39, 0.29) is 0 Å². The third kappa shape index (κ3) is 4.45. The molecule has 0 saturated heterocycles. The third-order valence-corrected chi connectivity index (χ3v) is 5.71. The van der Waals surface area contributed by atoms with Crippen LogP contribution in [0.25, 0.3) is 11.1 Å². The molecule has 6 heteroatoms. The highest BCUT2D eigenvalue weighted by molar-refractivity contribution is 6.30. The average Bonchev–Trinajstić information content (AvgIpc) is 2.78. The highest BCUT2D eigenvalue weighted by atomic mass is 35.5. The van der Waals surface area contributed by atoms with Crippen molar-refractivity contribution in [2.75, 3.05) is 12.3 Å². The van der Waals surface area contributed by atoms with Crippen molar-refractivity contribution in [1.29, 1.82) is 5.26 Å². The minimum absolute atomic E-state index is 0.291. The Hall–Kier alpha value is -3.23. The predicted octanol–water partition coefficient (Wildman–Crippen LogP) is 5.71. The molecule has 2 N–H and O–H groups in total. The largest absolute Gasteiger partial charge is 0.490 e. The normalized spacial score (nSPS) is 12.7. The fourth-order valence-corrected chi connectivity index (χ4v) is 4.11. The van der Waals surface area contributed by atoms with Crippen LogP contribution < -0.4 is 15.2 Å². The maximum atomic E-state index is 9.78. The van der Waals surface area contributed by atoms with Crippen LogP contribution in [0.1, 0.15) is 42.1 Å². The van der Waals surface area contributed by atoms with Crippen molar-refractivity contribution in [2.24, 2.45) is 0 Å². The zero-order valence-corrected chi connectivity index (χ0v) is 18.2. The molecule has 3 aromatic rings. The highest BCUT2D eigenvalue weighted by Gasteiger charge is 2.23. The summed E-state index contributed by atoms with van der Waals surface area (Å²) in [5.74, 6) is 1.58. The second kappa shape index (κ2) is 9.28. The highest BCUT2D eigenvalue weighted by Crippen LogP contribution is 2.39. The van der Waals surface area contributed by atoms with Crippen molar-refractivity contribution >= 4 is 17.4 Å². The Kier molecular flexibility index (Phi) is 6.29. The van der Waals surface area contributed by atoms with Crippen molar-refractivity contribution in [3.8, 4) is 28.7 Å². The minimum Gasteiger partial charge on any atom is -0.490 e. The molecule has 0 atom stereocenters. The van der Waals surface area contributed by atoms with Crippen LogP contribution in [0.4, 0.5) is 5.82 Å². The topological polar surface area (TPSA) is 81.2 Å². The standard InChI is InChI=1S/C25H24ClN3O2/c1-2-30-23-13-17(9-12-22(23)31-15-16-7-10-18(26)11-8-16)24-19-5-3-4-6-21(19)29-25(28)20(24)14-27/h7-13H,2-6,15H2,1H3,(H2,28,29). The number of hydrogen-bond acceptors (Lipinski definition) is 5. The number of ether oxygens (including phenoxy) is 2. The van der Waals surface area contributed by atoms with Gasteiger partial charge in [0.15, 0.2) is 11.5 Å². The van der Waals surface area contributed by atoms with Crippen LogP contribution in [-0.2, 0) is 19.4 Å². The first-order chi connectivity index (χ1) is 15.1. The molecule has 1 aromatic heterocycles. The van der Waals surface area contributed by atoms with E-state index in [9.17, 15) is 5.26 Å². The summed E-state index contributed by atoms with van der Waals surface area (Å²) >= 11 is 5.96. The number of halogens is 1. The van der Waals surface area contributed by atoms with E-state index in [1.165, 1.54) is 0 Å². The van der Waals surface area contributed by atoms with Gasteiger partial charge in [-0.15, -0.1) is 0 Å². The maximum Gasteiger partial charge on any atom is 0.161 e. The lowest BCUT2D eigenvalue weighted by atomic mass is 9.86. The third-order valence-electron chi connectivity index (χ3n) is 5.45. The summed E-state index contributed by atoms with van der Waals surface area (Å²) in [6, 6.07) is 15.6. The van der Waals surface area contributed by atoms with E-state index in [4.69, 9.17) is 26.8 Å². The SMILES string of the molecule is CCOc1cc(-c2c(C#N)c(N)nc3c2CCCC3)ccc1OCc1ccc(Cl)cc1. The number of benzene rings is 2. The number of nitrogens with zero attached hydrogens (tertiary/aromatic N) is 2. The maximum absolute atomic E-state index is 9.78. The van der Waals surface area contributed by atoms with Gasteiger partial charge in [-0.25, -0.2) is 4.98 Å². The van der Waals surface area contributed by atoms with Crippen molar-refractivity contribution in [3.63, 3.8) is 0 Å². The summed E-state index contributed by atoms with van der Waals surface area (Å²) in [5, 5.41) is 10.5. The minimum atomic E-state index is 0.291. The number of nitriles is 1. The Balaban J connectivity index is 1.72. The number of pyridine rings is 1. The molecule has 5 nitrogen and oxygen atoms in total. The molecule has 4 rings (SSSR count). The first kappa shape index (κ1) is 21.0. The summed E-state index contributed by atoms with van der Waals surface area (Å²) in [6.45, 7) is 2.84. The number of fused-ring (bicyclic) bond motifs is 1. The lowest BCUT2D eigenvalue weighted by Gasteiger charge is -2.22. The number of nitrogens with two attached hydrogens (primary N) is 1. The molecule has 0 amide bonds. The molecular weight excluding hydrogens is 410 g/mol. The monoisotopic (exact) mass is 433 g/mol. The van der Waals surface area contributed by atoms with Gasteiger partial charge < -0.3 is 15.2 Å². The first-order valence-electron chi connectivity index (χ1n) is 10.5. The molecule has 0 radical (unpaired) electrons. The molecule has 1 heterocycles. The average molecular weight is 434 g/mol.